The van der Waals surface area contributed by atoms with Crippen LogP contribution in [0.5, 0.6) is 11.5 Å². The maximum absolute atomic E-state index is 6.49. The Labute approximate surface area is 133 Å². The summed E-state index contributed by atoms with van der Waals surface area (Å²) in [7, 11) is 3.17. The highest BCUT2D eigenvalue weighted by atomic mass is 35.5. The third-order valence-corrected chi connectivity index (χ3v) is 3.99. The zero-order valence-electron chi connectivity index (χ0n) is 11.0. The fourth-order valence-electron chi connectivity index (χ4n) is 1.90. The zero-order valence-corrected chi connectivity index (χ0v) is 13.3. The maximum atomic E-state index is 6.49. The highest BCUT2D eigenvalue weighted by Crippen LogP contribution is 2.38. The van der Waals surface area contributed by atoms with Crippen LogP contribution in [0.1, 0.15) is 16.5 Å². The first-order valence-electron chi connectivity index (χ1n) is 5.87. The molecule has 0 saturated heterocycles. The first kappa shape index (κ1) is 15.3. The monoisotopic (exact) mass is 330 g/mol. The van der Waals surface area contributed by atoms with Crippen LogP contribution < -0.4 is 9.47 Å². The fourth-order valence-corrected chi connectivity index (χ4v) is 2.80. The molecule has 0 bridgehead atoms. The number of halogens is 3. The Kier molecular flexibility index (Phi) is 5.03. The highest BCUT2D eigenvalue weighted by molar-refractivity contribution is 6.36. The van der Waals surface area contributed by atoms with Crippen LogP contribution in [0.3, 0.4) is 0 Å². The molecule has 0 aliphatic carbocycles. The van der Waals surface area contributed by atoms with E-state index in [0.29, 0.717) is 21.5 Å². The Balaban J connectivity index is 2.40. The molecule has 0 radical (unpaired) electrons. The van der Waals surface area contributed by atoms with Crippen molar-refractivity contribution in [2.24, 2.45) is 0 Å². The Hall–Kier alpha value is -1.09. The van der Waals surface area contributed by atoms with Gasteiger partial charge in [-0.3, -0.25) is 0 Å². The largest absolute Gasteiger partial charge is 0.493 e. The van der Waals surface area contributed by atoms with Crippen molar-refractivity contribution in [1.82, 2.24) is 0 Å². The summed E-state index contributed by atoms with van der Waals surface area (Å²) in [6.45, 7) is 0. The lowest BCUT2D eigenvalue weighted by molar-refractivity contribution is 0.354. The summed E-state index contributed by atoms with van der Waals surface area (Å²) in [5, 5.41) is 0.724. The molecule has 0 aromatic heterocycles. The second-order valence-corrected chi connectivity index (χ2v) is 5.42. The van der Waals surface area contributed by atoms with Crippen LogP contribution in [0.15, 0.2) is 36.4 Å². The van der Waals surface area contributed by atoms with Gasteiger partial charge in [-0.2, -0.15) is 0 Å². The van der Waals surface area contributed by atoms with Gasteiger partial charge in [-0.1, -0.05) is 35.3 Å². The van der Waals surface area contributed by atoms with E-state index in [4.69, 9.17) is 44.3 Å². The summed E-state index contributed by atoms with van der Waals surface area (Å²) in [5.74, 6) is 1.28. The van der Waals surface area contributed by atoms with Crippen LogP contribution in [-0.2, 0) is 0 Å². The molecule has 1 atom stereocenters. The first-order valence-corrected chi connectivity index (χ1v) is 7.07. The van der Waals surface area contributed by atoms with Crippen LogP contribution in [0, 0.1) is 0 Å². The minimum atomic E-state index is -0.389. The molecule has 1 unspecified atom stereocenters. The lowest BCUT2D eigenvalue weighted by Crippen LogP contribution is -1.97. The lowest BCUT2D eigenvalue weighted by Gasteiger charge is -2.15. The third-order valence-electron chi connectivity index (χ3n) is 2.94. The zero-order chi connectivity index (χ0) is 14.7. The fraction of sp³-hybridized carbons (Fsp3) is 0.200. The smallest absolute Gasteiger partial charge is 0.161 e. The quantitative estimate of drug-likeness (QED) is 0.704. The second kappa shape index (κ2) is 6.57. The van der Waals surface area contributed by atoms with E-state index in [9.17, 15) is 0 Å². The van der Waals surface area contributed by atoms with E-state index in [1.165, 1.54) is 0 Å². The number of alkyl halides is 1. The molecule has 2 nitrogen and oxygen atoms in total. The molecule has 0 N–H and O–H groups in total. The molecule has 0 spiro atoms. The van der Waals surface area contributed by atoms with Crippen LogP contribution in [-0.4, -0.2) is 14.2 Å². The molecule has 2 aromatic rings. The van der Waals surface area contributed by atoms with Crippen LogP contribution >= 0.6 is 34.8 Å². The Morgan fingerprint density at radius 1 is 0.900 bits per heavy atom. The lowest BCUT2D eigenvalue weighted by atomic mass is 10.0. The van der Waals surface area contributed by atoms with E-state index >= 15 is 0 Å². The van der Waals surface area contributed by atoms with Crippen molar-refractivity contribution in [2.45, 2.75) is 5.38 Å². The van der Waals surface area contributed by atoms with E-state index in [2.05, 4.69) is 0 Å². The maximum Gasteiger partial charge on any atom is 0.161 e. The second-order valence-electron chi connectivity index (χ2n) is 4.14. The predicted octanol–water partition coefficient (Wildman–Crippen LogP) is 5.34. The molecule has 0 saturated carbocycles. The third kappa shape index (κ3) is 3.14. The molecule has 0 heterocycles. The molecular formula is C15H13Cl3O2. The topological polar surface area (TPSA) is 18.5 Å². The molecular weight excluding hydrogens is 319 g/mol. The van der Waals surface area contributed by atoms with Crippen molar-refractivity contribution >= 4 is 34.8 Å². The molecule has 20 heavy (non-hydrogen) atoms. The Morgan fingerprint density at radius 3 is 2.20 bits per heavy atom. The molecule has 0 aliphatic rings. The molecule has 0 amide bonds. The van der Waals surface area contributed by atoms with Gasteiger partial charge in [-0.05, 0) is 35.4 Å². The van der Waals surface area contributed by atoms with Crippen molar-refractivity contribution in [1.29, 1.82) is 0 Å². The minimum Gasteiger partial charge on any atom is -0.493 e. The number of hydrogen-bond acceptors (Lipinski definition) is 2. The van der Waals surface area contributed by atoms with Gasteiger partial charge in [0.15, 0.2) is 11.5 Å². The van der Waals surface area contributed by atoms with Gasteiger partial charge in [0.05, 0.1) is 19.6 Å². The molecule has 0 fully saturated rings. The summed E-state index contributed by atoms with van der Waals surface area (Å²) in [4.78, 5) is 0. The van der Waals surface area contributed by atoms with E-state index in [1.807, 2.05) is 24.3 Å². The van der Waals surface area contributed by atoms with Crippen LogP contribution in [0.4, 0.5) is 0 Å². The molecule has 2 rings (SSSR count). The molecule has 0 aliphatic heterocycles. The number of hydrogen-bond donors (Lipinski definition) is 0. The number of ether oxygens (including phenoxy) is 2. The van der Waals surface area contributed by atoms with Gasteiger partial charge in [-0.25, -0.2) is 0 Å². The summed E-state index contributed by atoms with van der Waals surface area (Å²) in [5.41, 5.74) is 1.67. The SMILES string of the molecule is COc1ccc(C(Cl)c2ccc(Cl)cc2Cl)cc1OC. The predicted molar refractivity (Wildman–Crippen MR) is 83.7 cm³/mol. The van der Waals surface area contributed by atoms with Gasteiger partial charge in [0.1, 0.15) is 0 Å². The van der Waals surface area contributed by atoms with Gasteiger partial charge in [-0.15, -0.1) is 11.6 Å². The number of benzene rings is 2. The number of methoxy groups -OCH3 is 2. The van der Waals surface area contributed by atoms with Crippen molar-refractivity contribution in [2.75, 3.05) is 14.2 Å². The van der Waals surface area contributed by atoms with Crippen LogP contribution in [0.2, 0.25) is 10.0 Å². The molecule has 106 valence electrons. The Morgan fingerprint density at radius 2 is 1.60 bits per heavy atom. The van der Waals surface area contributed by atoms with Gasteiger partial charge >= 0.3 is 0 Å². The van der Waals surface area contributed by atoms with Crippen molar-refractivity contribution < 1.29 is 9.47 Å². The Bertz CT molecular complexity index is 614. The molecule has 2 aromatic carbocycles. The first-order chi connectivity index (χ1) is 9.56. The van der Waals surface area contributed by atoms with Gasteiger partial charge in [0.2, 0.25) is 0 Å². The summed E-state index contributed by atoms with van der Waals surface area (Å²) < 4.78 is 10.5. The van der Waals surface area contributed by atoms with Crippen LogP contribution in [0.25, 0.3) is 0 Å². The average molecular weight is 332 g/mol. The normalized spacial score (nSPS) is 12.1. The van der Waals surface area contributed by atoms with Crippen molar-refractivity contribution in [3.05, 3.63) is 57.6 Å². The van der Waals surface area contributed by atoms with Gasteiger partial charge in [0, 0.05) is 10.0 Å². The molecule has 5 heteroatoms. The van der Waals surface area contributed by atoms with Crippen molar-refractivity contribution in [3.8, 4) is 11.5 Å². The number of rotatable bonds is 4. The van der Waals surface area contributed by atoms with E-state index < -0.39 is 0 Å². The summed E-state index contributed by atoms with van der Waals surface area (Å²) >= 11 is 18.6. The van der Waals surface area contributed by atoms with Gasteiger partial charge < -0.3 is 9.47 Å². The van der Waals surface area contributed by atoms with Crippen molar-refractivity contribution in [3.63, 3.8) is 0 Å². The standard InChI is InChI=1S/C15H13Cl3O2/c1-19-13-6-3-9(7-14(13)20-2)15(18)11-5-4-10(16)8-12(11)17/h3-8,15H,1-2H3. The summed E-state index contributed by atoms with van der Waals surface area (Å²) in [6, 6.07) is 10.8. The summed E-state index contributed by atoms with van der Waals surface area (Å²) in [6.07, 6.45) is 0. The van der Waals surface area contributed by atoms with E-state index in [1.54, 1.807) is 26.4 Å². The van der Waals surface area contributed by atoms with E-state index in [-0.39, 0.29) is 5.38 Å². The minimum absolute atomic E-state index is 0.389. The van der Waals surface area contributed by atoms with Gasteiger partial charge in [0.25, 0.3) is 0 Å². The highest BCUT2D eigenvalue weighted by Gasteiger charge is 2.16. The average Bonchev–Trinajstić information content (AvgIpc) is 2.45. The van der Waals surface area contributed by atoms with E-state index in [0.717, 1.165) is 11.1 Å².